The number of amidine groups is 1. The third-order valence-electron chi connectivity index (χ3n) is 3.26. The number of pyridine rings is 1. The summed E-state index contributed by atoms with van der Waals surface area (Å²) in [6.07, 6.45) is 5.31. The predicted octanol–water partition coefficient (Wildman–Crippen LogP) is 3.82. The lowest BCUT2D eigenvalue weighted by atomic mass is 10.1. The first kappa shape index (κ1) is 15.2. The van der Waals surface area contributed by atoms with E-state index in [9.17, 15) is 0 Å². The van der Waals surface area contributed by atoms with Crippen LogP contribution in [0.25, 0.3) is 10.8 Å². The van der Waals surface area contributed by atoms with Crippen molar-refractivity contribution >= 4 is 33.9 Å². The van der Waals surface area contributed by atoms with Crippen molar-refractivity contribution in [2.75, 3.05) is 0 Å². The number of fused-ring (bicyclic) bond motifs is 1. The maximum atomic E-state index is 5.87. The average Bonchev–Trinajstić information content (AvgIpc) is 2.61. The zero-order valence-electron chi connectivity index (χ0n) is 12.5. The molecular formula is C18H16N4S. The molecule has 0 atom stereocenters. The summed E-state index contributed by atoms with van der Waals surface area (Å²) in [5.41, 5.74) is 8.04. The second kappa shape index (κ2) is 7.56. The van der Waals surface area contributed by atoms with Crippen molar-refractivity contribution < 1.29 is 0 Å². The Kier molecular flexibility index (Phi) is 5.01. The monoisotopic (exact) mass is 320 g/mol. The molecule has 1 heterocycles. The van der Waals surface area contributed by atoms with Crippen molar-refractivity contribution in [2.24, 2.45) is 15.9 Å². The van der Waals surface area contributed by atoms with Crippen LogP contribution in [0, 0.1) is 0 Å². The minimum atomic E-state index is 0.451. The van der Waals surface area contributed by atoms with Crippen molar-refractivity contribution in [2.45, 2.75) is 5.75 Å². The molecule has 5 heteroatoms. The van der Waals surface area contributed by atoms with E-state index in [1.165, 1.54) is 17.3 Å². The molecule has 0 aliphatic carbocycles. The van der Waals surface area contributed by atoms with Gasteiger partial charge in [-0.05, 0) is 28.6 Å². The number of thioether (sulfide) groups is 1. The molecule has 3 aromatic rings. The molecule has 0 fully saturated rings. The van der Waals surface area contributed by atoms with E-state index in [1.807, 2.05) is 48.7 Å². The summed E-state index contributed by atoms with van der Waals surface area (Å²) in [6, 6.07) is 18.2. The highest BCUT2D eigenvalue weighted by Crippen LogP contribution is 2.14. The van der Waals surface area contributed by atoms with E-state index in [1.54, 1.807) is 12.4 Å². The molecule has 0 unspecified atom stereocenters. The van der Waals surface area contributed by atoms with Gasteiger partial charge in [0.05, 0.1) is 6.21 Å². The van der Waals surface area contributed by atoms with Gasteiger partial charge in [0.2, 0.25) is 0 Å². The van der Waals surface area contributed by atoms with Crippen LogP contribution in [-0.2, 0) is 5.75 Å². The van der Waals surface area contributed by atoms with Crippen LogP contribution in [0.5, 0.6) is 0 Å². The first-order valence-corrected chi connectivity index (χ1v) is 8.17. The van der Waals surface area contributed by atoms with Crippen molar-refractivity contribution in [1.29, 1.82) is 0 Å². The maximum Gasteiger partial charge on any atom is 0.180 e. The Morgan fingerprint density at radius 2 is 1.96 bits per heavy atom. The summed E-state index contributed by atoms with van der Waals surface area (Å²) in [4.78, 5) is 4.12. The Morgan fingerprint density at radius 1 is 1.09 bits per heavy atom. The Bertz CT molecular complexity index is 844. The summed E-state index contributed by atoms with van der Waals surface area (Å²) in [6.45, 7) is 0. The first-order valence-electron chi connectivity index (χ1n) is 7.18. The molecule has 114 valence electrons. The lowest BCUT2D eigenvalue weighted by Gasteiger charge is -1.99. The molecule has 3 rings (SSSR count). The Hall–Kier alpha value is -2.66. The fourth-order valence-electron chi connectivity index (χ4n) is 2.10. The van der Waals surface area contributed by atoms with Crippen molar-refractivity contribution in [1.82, 2.24) is 4.98 Å². The van der Waals surface area contributed by atoms with E-state index in [0.717, 1.165) is 22.1 Å². The van der Waals surface area contributed by atoms with E-state index in [0.29, 0.717) is 5.17 Å². The molecule has 1 aromatic heterocycles. The molecule has 0 amide bonds. The Balaban J connectivity index is 1.62. The number of nitrogens with zero attached hydrogens (tertiary/aromatic N) is 3. The Morgan fingerprint density at radius 3 is 2.83 bits per heavy atom. The highest BCUT2D eigenvalue weighted by molar-refractivity contribution is 8.13. The molecule has 23 heavy (non-hydrogen) atoms. The van der Waals surface area contributed by atoms with Gasteiger partial charge < -0.3 is 5.73 Å². The van der Waals surface area contributed by atoms with Gasteiger partial charge >= 0.3 is 0 Å². The topological polar surface area (TPSA) is 63.6 Å². The fraction of sp³-hybridized carbons (Fsp3) is 0.0556. The number of benzene rings is 2. The summed E-state index contributed by atoms with van der Waals surface area (Å²) >= 11 is 1.47. The number of aromatic nitrogens is 1. The van der Waals surface area contributed by atoms with Gasteiger partial charge in [0.15, 0.2) is 5.17 Å². The second-order valence-electron chi connectivity index (χ2n) is 4.94. The van der Waals surface area contributed by atoms with E-state index in [2.05, 4.69) is 27.3 Å². The van der Waals surface area contributed by atoms with Gasteiger partial charge in [-0.25, -0.2) is 0 Å². The minimum absolute atomic E-state index is 0.451. The van der Waals surface area contributed by atoms with Gasteiger partial charge in [-0.1, -0.05) is 54.2 Å². The summed E-state index contributed by atoms with van der Waals surface area (Å²) in [7, 11) is 0. The van der Waals surface area contributed by atoms with Gasteiger partial charge in [0, 0.05) is 23.5 Å². The number of hydrogen-bond acceptors (Lipinski definition) is 4. The van der Waals surface area contributed by atoms with Crippen LogP contribution in [0.3, 0.4) is 0 Å². The summed E-state index contributed by atoms with van der Waals surface area (Å²) in [5.74, 6) is 0.785. The minimum Gasteiger partial charge on any atom is -0.377 e. The highest BCUT2D eigenvalue weighted by Gasteiger charge is 1.96. The number of nitrogens with two attached hydrogens (primary N) is 1. The Labute approximate surface area is 139 Å². The maximum absolute atomic E-state index is 5.87. The average molecular weight is 320 g/mol. The zero-order valence-corrected chi connectivity index (χ0v) is 13.3. The highest BCUT2D eigenvalue weighted by atomic mass is 32.2. The van der Waals surface area contributed by atoms with Crippen LogP contribution in [0.1, 0.15) is 11.1 Å². The van der Waals surface area contributed by atoms with Crippen LogP contribution in [0.2, 0.25) is 0 Å². The molecule has 2 aromatic carbocycles. The van der Waals surface area contributed by atoms with Crippen LogP contribution in [-0.4, -0.2) is 16.4 Å². The van der Waals surface area contributed by atoms with Gasteiger partial charge in [-0.2, -0.15) is 5.10 Å². The molecule has 0 radical (unpaired) electrons. The van der Waals surface area contributed by atoms with Crippen LogP contribution in [0.15, 0.2) is 77.2 Å². The molecule has 0 aliphatic rings. The van der Waals surface area contributed by atoms with Crippen molar-refractivity contribution in [3.05, 3.63) is 78.1 Å². The lowest BCUT2D eigenvalue weighted by molar-refractivity contribution is 1.25. The molecule has 0 saturated heterocycles. The SMILES string of the molecule is NC(=NN=Cc1ccc2ccncc2c1)SCc1ccccc1. The predicted molar refractivity (Wildman–Crippen MR) is 98.7 cm³/mol. The molecular weight excluding hydrogens is 304 g/mol. The van der Waals surface area contributed by atoms with Gasteiger partial charge in [-0.15, -0.1) is 5.10 Å². The third-order valence-corrected chi connectivity index (χ3v) is 4.11. The molecule has 0 bridgehead atoms. The van der Waals surface area contributed by atoms with Crippen LogP contribution in [0.4, 0.5) is 0 Å². The molecule has 2 N–H and O–H groups in total. The second-order valence-corrected chi connectivity index (χ2v) is 5.93. The molecule has 4 nitrogen and oxygen atoms in total. The molecule has 0 spiro atoms. The largest absolute Gasteiger partial charge is 0.377 e. The third kappa shape index (κ3) is 4.40. The van der Waals surface area contributed by atoms with Crippen LogP contribution >= 0.6 is 11.8 Å². The summed E-state index contributed by atoms with van der Waals surface area (Å²) in [5, 5.41) is 10.8. The quantitative estimate of drug-likeness (QED) is 0.451. The van der Waals surface area contributed by atoms with Crippen LogP contribution < -0.4 is 5.73 Å². The van der Waals surface area contributed by atoms with Gasteiger partial charge in [0.25, 0.3) is 0 Å². The van der Waals surface area contributed by atoms with E-state index in [4.69, 9.17) is 5.73 Å². The molecule has 0 saturated carbocycles. The first-order chi connectivity index (χ1) is 11.3. The number of hydrogen-bond donors (Lipinski definition) is 1. The molecule has 0 aliphatic heterocycles. The van der Waals surface area contributed by atoms with E-state index in [-0.39, 0.29) is 0 Å². The van der Waals surface area contributed by atoms with Gasteiger partial charge in [0.1, 0.15) is 0 Å². The summed E-state index contributed by atoms with van der Waals surface area (Å²) < 4.78 is 0. The fourth-order valence-corrected chi connectivity index (χ4v) is 2.71. The number of rotatable bonds is 4. The zero-order chi connectivity index (χ0) is 15.9. The van der Waals surface area contributed by atoms with Crippen molar-refractivity contribution in [3.63, 3.8) is 0 Å². The smallest absolute Gasteiger partial charge is 0.180 e. The van der Waals surface area contributed by atoms with E-state index >= 15 is 0 Å². The van der Waals surface area contributed by atoms with Crippen molar-refractivity contribution in [3.8, 4) is 0 Å². The standard InChI is InChI=1S/C18H16N4S/c19-18(23-13-14-4-2-1-3-5-14)22-21-11-15-6-7-16-8-9-20-12-17(16)10-15/h1-12H,13H2,(H2,19,22). The van der Waals surface area contributed by atoms with E-state index < -0.39 is 0 Å². The lowest BCUT2D eigenvalue weighted by Crippen LogP contribution is -2.05. The normalized spacial score (nSPS) is 12.1. The van der Waals surface area contributed by atoms with Gasteiger partial charge in [-0.3, -0.25) is 4.98 Å².